The molecule has 3 unspecified atom stereocenters. The zero-order valence-electron chi connectivity index (χ0n) is 15.5. The summed E-state index contributed by atoms with van der Waals surface area (Å²) in [6, 6.07) is 5.04. The van der Waals surface area contributed by atoms with E-state index >= 15 is 0 Å². The van der Waals surface area contributed by atoms with E-state index in [9.17, 15) is 14.0 Å². The quantitative estimate of drug-likeness (QED) is 0.596. The zero-order chi connectivity index (χ0) is 18.9. The molecule has 0 bridgehead atoms. The minimum Gasteiger partial charge on any atom is -0.350 e. The van der Waals surface area contributed by atoms with Crippen LogP contribution in [0.4, 0.5) is 9.18 Å². The molecule has 4 N–H and O–H groups in total. The van der Waals surface area contributed by atoms with Gasteiger partial charge in [0.15, 0.2) is 0 Å². The van der Waals surface area contributed by atoms with Crippen molar-refractivity contribution >= 4 is 11.9 Å². The van der Waals surface area contributed by atoms with E-state index in [2.05, 4.69) is 28.2 Å². The minimum atomic E-state index is -0.567. The molecule has 7 heteroatoms. The molecule has 0 radical (unpaired) electrons. The van der Waals surface area contributed by atoms with Gasteiger partial charge >= 0.3 is 6.03 Å². The largest absolute Gasteiger partial charge is 0.350 e. The number of halogens is 1. The lowest BCUT2D eigenvalue weighted by atomic mass is 9.94. The molecule has 0 spiro atoms. The van der Waals surface area contributed by atoms with E-state index in [1.807, 2.05) is 6.92 Å². The van der Waals surface area contributed by atoms with Crippen molar-refractivity contribution in [3.05, 3.63) is 35.6 Å². The molecular formula is C19H29FN4O2. The van der Waals surface area contributed by atoms with Crippen molar-refractivity contribution in [3.63, 3.8) is 0 Å². The first-order chi connectivity index (χ1) is 12.5. The van der Waals surface area contributed by atoms with E-state index in [4.69, 9.17) is 0 Å². The number of benzene rings is 1. The summed E-state index contributed by atoms with van der Waals surface area (Å²) in [5.74, 6) is -0.0524. The van der Waals surface area contributed by atoms with Crippen LogP contribution >= 0.6 is 0 Å². The molecule has 1 aliphatic heterocycles. The van der Waals surface area contributed by atoms with Crippen LogP contribution in [0.25, 0.3) is 0 Å². The van der Waals surface area contributed by atoms with Gasteiger partial charge in [0.1, 0.15) is 11.9 Å². The van der Waals surface area contributed by atoms with Gasteiger partial charge in [-0.25, -0.2) is 9.18 Å². The molecule has 2 rings (SSSR count). The average molecular weight is 364 g/mol. The number of urea groups is 1. The van der Waals surface area contributed by atoms with Crippen molar-refractivity contribution in [2.75, 3.05) is 13.1 Å². The highest BCUT2D eigenvalue weighted by Gasteiger charge is 2.26. The number of nitrogens with one attached hydrogen (secondary N) is 4. The molecule has 3 amide bonds. The smallest absolute Gasteiger partial charge is 0.315 e. The fourth-order valence-electron chi connectivity index (χ4n) is 3.02. The van der Waals surface area contributed by atoms with E-state index in [-0.39, 0.29) is 24.3 Å². The molecule has 1 aromatic rings. The van der Waals surface area contributed by atoms with Gasteiger partial charge in [-0.15, -0.1) is 0 Å². The Hall–Kier alpha value is -2.15. The van der Waals surface area contributed by atoms with Crippen LogP contribution in [-0.2, 0) is 11.3 Å². The summed E-state index contributed by atoms with van der Waals surface area (Å²) < 4.78 is 12.9. The number of piperidine rings is 1. The summed E-state index contributed by atoms with van der Waals surface area (Å²) in [6.45, 7) is 6.10. The van der Waals surface area contributed by atoms with Crippen LogP contribution < -0.4 is 21.3 Å². The fourth-order valence-corrected chi connectivity index (χ4v) is 3.02. The van der Waals surface area contributed by atoms with Gasteiger partial charge in [0.05, 0.1) is 0 Å². The highest BCUT2D eigenvalue weighted by Crippen LogP contribution is 2.11. The minimum absolute atomic E-state index is 0.0830. The fraction of sp³-hybridized carbons (Fsp3) is 0.579. The van der Waals surface area contributed by atoms with Gasteiger partial charge in [0.2, 0.25) is 5.91 Å². The van der Waals surface area contributed by atoms with E-state index in [0.717, 1.165) is 31.5 Å². The molecule has 144 valence electrons. The molecule has 26 heavy (non-hydrogen) atoms. The van der Waals surface area contributed by atoms with Crippen molar-refractivity contribution in [2.24, 2.45) is 5.92 Å². The molecule has 1 aliphatic rings. The number of rotatable bonds is 7. The van der Waals surface area contributed by atoms with Crippen molar-refractivity contribution in [1.82, 2.24) is 21.3 Å². The molecule has 0 aromatic heterocycles. The Morgan fingerprint density at radius 1 is 1.31 bits per heavy atom. The summed E-state index contributed by atoms with van der Waals surface area (Å²) >= 11 is 0. The summed E-state index contributed by atoms with van der Waals surface area (Å²) in [6.07, 6.45) is 2.38. The SMILES string of the molecule is CCCC(NC(=O)NCc1ccc(F)cc1)C(=O)NC1CNCCC1C. The Kier molecular flexibility index (Phi) is 7.84. The van der Waals surface area contributed by atoms with Crippen LogP contribution in [0.3, 0.4) is 0 Å². The van der Waals surface area contributed by atoms with Crippen LogP contribution in [0.5, 0.6) is 0 Å². The van der Waals surface area contributed by atoms with E-state index in [1.165, 1.54) is 12.1 Å². The maximum absolute atomic E-state index is 12.9. The van der Waals surface area contributed by atoms with Crippen molar-refractivity contribution in [3.8, 4) is 0 Å². The Bertz CT molecular complexity index is 594. The topological polar surface area (TPSA) is 82.3 Å². The van der Waals surface area contributed by atoms with E-state index in [1.54, 1.807) is 12.1 Å². The maximum atomic E-state index is 12.9. The third-order valence-electron chi connectivity index (χ3n) is 4.72. The first kappa shape index (κ1) is 20.2. The van der Waals surface area contributed by atoms with Crippen molar-refractivity contribution in [2.45, 2.75) is 51.7 Å². The van der Waals surface area contributed by atoms with Gasteiger partial charge in [-0.1, -0.05) is 32.4 Å². The molecule has 6 nitrogen and oxygen atoms in total. The number of carbonyl (C=O) groups is 2. The molecule has 0 saturated carbocycles. The second-order valence-corrected chi connectivity index (χ2v) is 6.88. The van der Waals surface area contributed by atoms with Crippen LogP contribution in [0.15, 0.2) is 24.3 Å². The van der Waals surface area contributed by atoms with E-state index < -0.39 is 12.1 Å². The van der Waals surface area contributed by atoms with Crippen molar-refractivity contribution in [1.29, 1.82) is 0 Å². The van der Waals surface area contributed by atoms with E-state index in [0.29, 0.717) is 12.3 Å². The molecule has 3 atom stereocenters. The normalized spacial score (nSPS) is 20.9. The second-order valence-electron chi connectivity index (χ2n) is 6.88. The maximum Gasteiger partial charge on any atom is 0.315 e. The van der Waals surface area contributed by atoms with Gasteiger partial charge < -0.3 is 21.3 Å². The number of hydrogen-bond donors (Lipinski definition) is 4. The van der Waals surface area contributed by atoms with Gasteiger partial charge in [0, 0.05) is 19.1 Å². The molecule has 0 aliphatic carbocycles. The lowest BCUT2D eigenvalue weighted by molar-refractivity contribution is -0.124. The molecular weight excluding hydrogens is 335 g/mol. The Labute approximate surface area is 154 Å². The predicted molar refractivity (Wildman–Crippen MR) is 99.0 cm³/mol. The average Bonchev–Trinajstić information content (AvgIpc) is 2.63. The van der Waals surface area contributed by atoms with Crippen LogP contribution in [0.2, 0.25) is 0 Å². The van der Waals surface area contributed by atoms with Gasteiger partial charge in [-0.3, -0.25) is 4.79 Å². The Morgan fingerprint density at radius 2 is 2.04 bits per heavy atom. The third-order valence-corrected chi connectivity index (χ3v) is 4.72. The standard InChI is InChI=1S/C19H29FN4O2/c1-3-4-16(18(25)23-17-12-21-10-9-13(17)2)24-19(26)22-11-14-5-7-15(20)8-6-14/h5-8,13,16-17,21H,3-4,9-12H2,1-2H3,(H,23,25)(H2,22,24,26). The summed E-state index contributed by atoms with van der Waals surface area (Å²) in [5.41, 5.74) is 0.792. The Balaban J connectivity index is 1.84. The van der Waals surface area contributed by atoms with Gasteiger partial charge in [-0.2, -0.15) is 0 Å². The summed E-state index contributed by atoms with van der Waals surface area (Å²) in [4.78, 5) is 24.7. The molecule has 1 heterocycles. The Morgan fingerprint density at radius 3 is 2.69 bits per heavy atom. The molecule has 1 saturated heterocycles. The number of hydrogen-bond acceptors (Lipinski definition) is 3. The monoisotopic (exact) mass is 364 g/mol. The van der Waals surface area contributed by atoms with Gasteiger partial charge in [0.25, 0.3) is 0 Å². The summed E-state index contributed by atoms with van der Waals surface area (Å²) in [7, 11) is 0. The predicted octanol–water partition coefficient (Wildman–Crippen LogP) is 1.91. The highest BCUT2D eigenvalue weighted by molar-refractivity contribution is 5.87. The van der Waals surface area contributed by atoms with Crippen LogP contribution in [-0.4, -0.2) is 37.1 Å². The zero-order valence-corrected chi connectivity index (χ0v) is 15.5. The first-order valence-corrected chi connectivity index (χ1v) is 9.29. The first-order valence-electron chi connectivity index (χ1n) is 9.29. The lowest BCUT2D eigenvalue weighted by Gasteiger charge is -2.31. The lowest BCUT2D eigenvalue weighted by Crippen LogP contribution is -2.56. The number of amides is 3. The number of carbonyl (C=O) groups excluding carboxylic acids is 2. The third kappa shape index (κ3) is 6.29. The second kappa shape index (κ2) is 10.1. The summed E-state index contributed by atoms with van der Waals surface area (Å²) in [5, 5.41) is 11.8. The van der Waals surface area contributed by atoms with Crippen LogP contribution in [0.1, 0.15) is 38.7 Å². The molecule has 1 fully saturated rings. The molecule has 1 aromatic carbocycles. The van der Waals surface area contributed by atoms with Crippen molar-refractivity contribution < 1.29 is 14.0 Å². The van der Waals surface area contributed by atoms with Gasteiger partial charge in [-0.05, 0) is 43.0 Å². The van der Waals surface area contributed by atoms with Crippen LogP contribution in [0, 0.1) is 11.7 Å². The highest BCUT2D eigenvalue weighted by atomic mass is 19.1.